The molecule has 2 rings (SSSR count). The maximum atomic E-state index is 12.7. The van der Waals surface area contributed by atoms with Gasteiger partial charge in [-0.1, -0.05) is 13.8 Å². The van der Waals surface area contributed by atoms with Gasteiger partial charge in [-0.25, -0.2) is 0 Å². The van der Waals surface area contributed by atoms with Crippen molar-refractivity contribution in [1.29, 1.82) is 0 Å². The molecule has 0 aromatic carbocycles. The van der Waals surface area contributed by atoms with Crippen LogP contribution in [-0.2, 0) is 11.2 Å². The zero-order chi connectivity index (χ0) is 17.9. The second-order valence-electron chi connectivity index (χ2n) is 7.23. The summed E-state index contributed by atoms with van der Waals surface area (Å²) in [6.07, 6.45) is 1.89. The molecule has 1 N–H and O–H groups in total. The van der Waals surface area contributed by atoms with Gasteiger partial charge in [0.2, 0.25) is 5.56 Å². The van der Waals surface area contributed by atoms with Gasteiger partial charge in [-0.2, -0.15) is 0 Å². The summed E-state index contributed by atoms with van der Waals surface area (Å²) >= 11 is 0. The lowest BCUT2D eigenvalue weighted by atomic mass is 10.1. The summed E-state index contributed by atoms with van der Waals surface area (Å²) in [6, 6.07) is 3.47. The number of nitrogens with zero attached hydrogens (tertiary/aromatic N) is 2. The van der Waals surface area contributed by atoms with E-state index in [0.717, 1.165) is 25.1 Å². The van der Waals surface area contributed by atoms with Crippen LogP contribution in [-0.4, -0.2) is 67.1 Å². The third kappa shape index (κ3) is 4.68. The van der Waals surface area contributed by atoms with E-state index in [0.29, 0.717) is 18.0 Å². The topological polar surface area (TPSA) is 65.6 Å². The summed E-state index contributed by atoms with van der Waals surface area (Å²) < 4.78 is 5.42. The van der Waals surface area contributed by atoms with Crippen molar-refractivity contribution in [3.05, 3.63) is 33.7 Å². The lowest BCUT2D eigenvalue weighted by molar-refractivity contribution is 0.0760. The van der Waals surface area contributed by atoms with E-state index in [9.17, 15) is 9.59 Å². The summed E-state index contributed by atoms with van der Waals surface area (Å²) in [5.74, 6) is 0.308. The molecule has 1 aliphatic rings. The molecule has 24 heavy (non-hydrogen) atoms. The number of nitrogens with one attached hydrogen (secondary N) is 1. The minimum Gasteiger partial charge on any atom is -0.380 e. The summed E-state index contributed by atoms with van der Waals surface area (Å²) in [7, 11) is 5.57. The molecular weight excluding hydrogens is 306 g/mol. The van der Waals surface area contributed by atoms with Gasteiger partial charge in [-0.15, -0.1) is 0 Å². The van der Waals surface area contributed by atoms with Gasteiger partial charge in [0, 0.05) is 50.6 Å². The summed E-state index contributed by atoms with van der Waals surface area (Å²) in [5.41, 5.74) is 1.05. The predicted octanol–water partition coefficient (Wildman–Crippen LogP) is 1.36. The lowest BCUT2D eigenvalue weighted by Crippen LogP contribution is -2.39. The molecule has 1 fully saturated rings. The van der Waals surface area contributed by atoms with Crippen molar-refractivity contribution in [2.75, 3.05) is 34.3 Å². The number of hydrogen-bond donors (Lipinski definition) is 1. The molecule has 1 aromatic rings. The first-order chi connectivity index (χ1) is 11.3. The highest BCUT2D eigenvalue weighted by molar-refractivity contribution is 5.94. The van der Waals surface area contributed by atoms with E-state index < -0.39 is 0 Å². The number of carbonyl (C=O) groups excluding carboxylic acids is 1. The van der Waals surface area contributed by atoms with Crippen molar-refractivity contribution < 1.29 is 9.53 Å². The SMILES string of the molecule is CO[C@H]1C[C@@H](CN(C)C(=O)c2cc(CC(C)C)[nH]c(=O)c2)N(C)C1. The number of methoxy groups -OCH3 is 1. The van der Waals surface area contributed by atoms with E-state index in [1.54, 1.807) is 25.1 Å². The Kier molecular flexibility index (Phi) is 6.18. The number of H-pyrrole nitrogens is 1. The summed E-state index contributed by atoms with van der Waals surface area (Å²) in [6.45, 7) is 5.68. The van der Waals surface area contributed by atoms with Crippen LogP contribution in [0.25, 0.3) is 0 Å². The molecule has 0 spiro atoms. The van der Waals surface area contributed by atoms with Gasteiger partial charge < -0.3 is 14.6 Å². The van der Waals surface area contributed by atoms with Gasteiger partial charge in [0.15, 0.2) is 0 Å². The van der Waals surface area contributed by atoms with Crippen LogP contribution in [0.15, 0.2) is 16.9 Å². The molecule has 2 atom stereocenters. The first kappa shape index (κ1) is 18.7. The molecule has 0 aliphatic carbocycles. The van der Waals surface area contributed by atoms with E-state index in [4.69, 9.17) is 4.74 Å². The van der Waals surface area contributed by atoms with Crippen LogP contribution in [0.3, 0.4) is 0 Å². The molecule has 6 nitrogen and oxygen atoms in total. The van der Waals surface area contributed by atoms with Crippen molar-refractivity contribution >= 4 is 5.91 Å². The average Bonchev–Trinajstić information content (AvgIpc) is 2.85. The number of carbonyl (C=O) groups is 1. The number of rotatable bonds is 6. The Morgan fingerprint density at radius 1 is 1.46 bits per heavy atom. The highest BCUT2D eigenvalue weighted by Crippen LogP contribution is 2.19. The van der Waals surface area contributed by atoms with Crippen LogP contribution in [0.5, 0.6) is 0 Å². The van der Waals surface area contributed by atoms with Crippen molar-refractivity contribution in [2.24, 2.45) is 5.92 Å². The number of aromatic amines is 1. The van der Waals surface area contributed by atoms with Gasteiger partial charge in [-0.3, -0.25) is 14.5 Å². The van der Waals surface area contributed by atoms with E-state index in [1.165, 1.54) is 6.07 Å². The fraction of sp³-hybridized carbons (Fsp3) is 0.667. The Labute approximate surface area is 143 Å². The molecule has 1 amide bonds. The van der Waals surface area contributed by atoms with Gasteiger partial charge in [0.25, 0.3) is 5.91 Å². The smallest absolute Gasteiger partial charge is 0.253 e. The fourth-order valence-corrected chi connectivity index (χ4v) is 3.31. The molecule has 1 saturated heterocycles. The van der Waals surface area contributed by atoms with Gasteiger partial charge in [0.05, 0.1) is 6.10 Å². The minimum atomic E-state index is -0.220. The van der Waals surface area contributed by atoms with Gasteiger partial charge in [0.1, 0.15) is 0 Å². The second-order valence-corrected chi connectivity index (χ2v) is 7.23. The van der Waals surface area contributed by atoms with E-state index >= 15 is 0 Å². The van der Waals surface area contributed by atoms with E-state index in [-0.39, 0.29) is 23.6 Å². The standard InChI is InChI=1S/C18H29N3O3/c1-12(2)6-14-7-13(8-17(22)19-14)18(23)21(4)10-15-9-16(24-5)11-20(15)3/h7-8,12,15-16H,6,9-11H2,1-5H3,(H,19,22)/t15-,16-/m0/s1. The van der Waals surface area contributed by atoms with E-state index in [1.807, 2.05) is 0 Å². The maximum absolute atomic E-state index is 12.7. The number of aromatic nitrogens is 1. The van der Waals surface area contributed by atoms with Gasteiger partial charge in [-0.05, 0) is 31.9 Å². The molecular formula is C18H29N3O3. The number of amides is 1. The Hall–Kier alpha value is -1.66. The molecule has 0 unspecified atom stereocenters. The van der Waals surface area contributed by atoms with Crippen LogP contribution in [0.2, 0.25) is 0 Å². The Bertz CT molecular complexity index is 626. The lowest BCUT2D eigenvalue weighted by Gasteiger charge is -2.25. The number of hydrogen-bond acceptors (Lipinski definition) is 4. The van der Waals surface area contributed by atoms with Crippen molar-refractivity contribution in [3.63, 3.8) is 0 Å². The monoisotopic (exact) mass is 335 g/mol. The van der Waals surface area contributed by atoms with E-state index in [2.05, 4.69) is 30.8 Å². The van der Waals surface area contributed by atoms with Crippen LogP contribution >= 0.6 is 0 Å². The van der Waals surface area contributed by atoms with Crippen LogP contribution in [0.4, 0.5) is 0 Å². The van der Waals surface area contributed by atoms with Crippen LogP contribution < -0.4 is 5.56 Å². The molecule has 2 heterocycles. The maximum Gasteiger partial charge on any atom is 0.253 e. The third-order valence-corrected chi connectivity index (χ3v) is 4.59. The second kappa shape index (κ2) is 7.94. The molecule has 0 bridgehead atoms. The molecule has 0 radical (unpaired) electrons. The van der Waals surface area contributed by atoms with Crippen molar-refractivity contribution in [1.82, 2.24) is 14.8 Å². The number of ether oxygens (including phenoxy) is 1. The highest BCUT2D eigenvalue weighted by Gasteiger charge is 2.31. The average molecular weight is 335 g/mol. The normalized spacial score (nSPS) is 21.4. The zero-order valence-corrected chi connectivity index (χ0v) is 15.3. The molecule has 1 aliphatic heterocycles. The first-order valence-corrected chi connectivity index (χ1v) is 8.52. The van der Waals surface area contributed by atoms with Crippen LogP contribution in [0, 0.1) is 5.92 Å². The highest BCUT2D eigenvalue weighted by atomic mass is 16.5. The number of pyridine rings is 1. The van der Waals surface area contributed by atoms with Crippen molar-refractivity contribution in [2.45, 2.75) is 38.8 Å². The molecule has 134 valence electrons. The van der Waals surface area contributed by atoms with Crippen molar-refractivity contribution in [3.8, 4) is 0 Å². The number of likely N-dealkylation sites (tertiary alicyclic amines) is 1. The number of likely N-dealkylation sites (N-methyl/N-ethyl adjacent to an activating group) is 2. The summed E-state index contributed by atoms with van der Waals surface area (Å²) in [4.78, 5) is 31.3. The Morgan fingerprint density at radius 2 is 2.17 bits per heavy atom. The molecule has 0 saturated carbocycles. The Balaban J connectivity index is 2.08. The fourth-order valence-electron chi connectivity index (χ4n) is 3.31. The quantitative estimate of drug-likeness (QED) is 0.853. The largest absolute Gasteiger partial charge is 0.380 e. The van der Waals surface area contributed by atoms with Gasteiger partial charge >= 0.3 is 0 Å². The summed E-state index contributed by atoms with van der Waals surface area (Å²) in [5, 5.41) is 0. The van der Waals surface area contributed by atoms with Crippen LogP contribution in [0.1, 0.15) is 36.3 Å². The predicted molar refractivity (Wildman–Crippen MR) is 94.4 cm³/mol. The first-order valence-electron chi connectivity index (χ1n) is 8.52. The molecule has 1 aromatic heterocycles. The minimum absolute atomic E-state index is 0.111. The molecule has 6 heteroatoms. The Morgan fingerprint density at radius 3 is 2.75 bits per heavy atom. The zero-order valence-electron chi connectivity index (χ0n) is 15.3. The third-order valence-electron chi connectivity index (χ3n) is 4.59.